The van der Waals surface area contributed by atoms with Gasteiger partial charge in [-0.1, -0.05) is 24.3 Å². The monoisotopic (exact) mass is 239 g/mol. The van der Waals surface area contributed by atoms with Gasteiger partial charge < -0.3 is 0 Å². The molecular weight excluding hydrogens is 233 g/mol. The van der Waals surface area contributed by atoms with Crippen molar-refractivity contribution in [2.45, 2.75) is 6.92 Å². The van der Waals surface area contributed by atoms with E-state index in [2.05, 4.69) is 15.0 Å². The Hall–Kier alpha value is -1.19. The number of hydrogen-bond donors (Lipinski definition) is 0. The van der Waals surface area contributed by atoms with Crippen molar-refractivity contribution in [1.82, 2.24) is 15.0 Å². The molecule has 1 aromatic heterocycles. The number of aromatic nitrogens is 3. The number of aryl methyl sites for hydroxylation is 1. The molecule has 0 aliphatic rings. The third kappa shape index (κ3) is 2.25. The quantitative estimate of drug-likeness (QED) is 0.768. The molecule has 2 aromatic rings. The van der Waals surface area contributed by atoms with Crippen LogP contribution in [-0.2, 0) is 0 Å². The van der Waals surface area contributed by atoms with Crippen molar-refractivity contribution in [1.29, 1.82) is 0 Å². The van der Waals surface area contributed by atoms with Crippen molar-refractivity contribution < 1.29 is 0 Å². The topological polar surface area (TPSA) is 38.7 Å². The van der Waals surface area contributed by atoms with E-state index in [1.807, 2.05) is 31.2 Å². The predicted octanol–water partition coefficient (Wildman–Crippen LogP) is 3.15. The Morgan fingerprint density at radius 1 is 0.933 bits per heavy atom. The van der Waals surface area contributed by atoms with Crippen LogP contribution in [0.1, 0.15) is 5.56 Å². The largest absolute Gasteiger partial charge is 0.227 e. The van der Waals surface area contributed by atoms with Gasteiger partial charge in [-0.3, -0.25) is 0 Å². The van der Waals surface area contributed by atoms with Crippen LogP contribution in [0, 0.1) is 6.92 Å². The van der Waals surface area contributed by atoms with Crippen LogP contribution in [0.4, 0.5) is 0 Å². The fourth-order valence-electron chi connectivity index (χ4n) is 1.27. The van der Waals surface area contributed by atoms with Crippen LogP contribution in [0.3, 0.4) is 0 Å². The van der Waals surface area contributed by atoms with Crippen LogP contribution in [0.15, 0.2) is 24.3 Å². The first-order chi connectivity index (χ1) is 7.16. The Kier molecular flexibility index (Phi) is 2.84. The van der Waals surface area contributed by atoms with E-state index in [-0.39, 0.29) is 10.6 Å². The smallest absolute Gasteiger partial charge is 0.198 e. The summed E-state index contributed by atoms with van der Waals surface area (Å²) in [4.78, 5) is 11.7. The van der Waals surface area contributed by atoms with Crippen LogP contribution >= 0.6 is 23.2 Å². The normalized spacial score (nSPS) is 10.3. The predicted molar refractivity (Wildman–Crippen MR) is 60.0 cm³/mol. The molecule has 0 bridgehead atoms. The van der Waals surface area contributed by atoms with Gasteiger partial charge in [0.15, 0.2) is 5.82 Å². The molecule has 0 radical (unpaired) electrons. The molecule has 0 saturated carbocycles. The van der Waals surface area contributed by atoms with Crippen LogP contribution in [0.25, 0.3) is 11.4 Å². The van der Waals surface area contributed by atoms with E-state index in [9.17, 15) is 0 Å². The van der Waals surface area contributed by atoms with Crippen molar-refractivity contribution in [2.75, 3.05) is 0 Å². The van der Waals surface area contributed by atoms with Gasteiger partial charge in [0.25, 0.3) is 0 Å². The Labute approximate surface area is 97.1 Å². The third-order valence-corrected chi connectivity index (χ3v) is 2.30. The second kappa shape index (κ2) is 4.13. The van der Waals surface area contributed by atoms with Crippen molar-refractivity contribution >= 4 is 23.2 Å². The molecule has 0 aliphatic carbocycles. The zero-order valence-electron chi connectivity index (χ0n) is 7.91. The van der Waals surface area contributed by atoms with Gasteiger partial charge in [0.05, 0.1) is 0 Å². The van der Waals surface area contributed by atoms with Crippen LogP contribution in [0.5, 0.6) is 0 Å². The van der Waals surface area contributed by atoms with E-state index in [0.29, 0.717) is 5.82 Å². The molecular formula is C10H7Cl2N3. The Bertz CT molecular complexity index is 480. The maximum atomic E-state index is 5.71. The molecule has 0 N–H and O–H groups in total. The third-order valence-electron chi connectivity index (χ3n) is 1.97. The first-order valence-electron chi connectivity index (χ1n) is 4.30. The van der Waals surface area contributed by atoms with Crippen molar-refractivity contribution in [3.05, 3.63) is 40.4 Å². The van der Waals surface area contributed by atoms with E-state index in [4.69, 9.17) is 23.2 Å². The zero-order chi connectivity index (χ0) is 10.8. The van der Waals surface area contributed by atoms with E-state index < -0.39 is 0 Å². The van der Waals surface area contributed by atoms with E-state index in [0.717, 1.165) is 11.1 Å². The molecule has 0 atom stereocenters. The molecule has 3 nitrogen and oxygen atoms in total. The molecule has 2 rings (SSSR count). The van der Waals surface area contributed by atoms with Crippen molar-refractivity contribution in [3.63, 3.8) is 0 Å². The summed E-state index contributed by atoms with van der Waals surface area (Å²) in [5.74, 6) is 0.498. The maximum absolute atomic E-state index is 5.71. The summed E-state index contributed by atoms with van der Waals surface area (Å²) in [6.07, 6.45) is 0. The average molecular weight is 240 g/mol. The Balaban J connectivity index is 2.59. The summed E-state index contributed by atoms with van der Waals surface area (Å²) in [5, 5.41) is 0.210. The van der Waals surface area contributed by atoms with E-state index >= 15 is 0 Å². The van der Waals surface area contributed by atoms with Gasteiger partial charge in [-0.2, -0.15) is 15.0 Å². The molecule has 0 unspecified atom stereocenters. The molecule has 1 aromatic carbocycles. The highest BCUT2D eigenvalue weighted by Crippen LogP contribution is 2.21. The van der Waals surface area contributed by atoms with Crippen LogP contribution in [-0.4, -0.2) is 15.0 Å². The van der Waals surface area contributed by atoms with Gasteiger partial charge in [-0.05, 0) is 35.7 Å². The standard InChI is InChI=1S/C10H7Cl2N3/c1-6-4-2-3-5-7(6)8-13-9(11)15-10(12)14-8/h2-5H,1H3. The molecule has 0 fully saturated rings. The Morgan fingerprint density at radius 2 is 1.53 bits per heavy atom. The molecule has 1 heterocycles. The summed E-state index contributed by atoms with van der Waals surface area (Å²) < 4.78 is 0. The lowest BCUT2D eigenvalue weighted by Gasteiger charge is -2.03. The van der Waals surface area contributed by atoms with Gasteiger partial charge in [0, 0.05) is 5.56 Å². The molecule has 5 heteroatoms. The lowest BCUT2D eigenvalue weighted by molar-refractivity contribution is 1.05. The van der Waals surface area contributed by atoms with E-state index in [1.54, 1.807) is 0 Å². The van der Waals surface area contributed by atoms with Crippen molar-refractivity contribution in [2.24, 2.45) is 0 Å². The summed E-state index contributed by atoms with van der Waals surface area (Å²) in [5.41, 5.74) is 1.97. The van der Waals surface area contributed by atoms with Gasteiger partial charge >= 0.3 is 0 Å². The lowest BCUT2D eigenvalue weighted by atomic mass is 10.1. The second-order valence-electron chi connectivity index (χ2n) is 3.01. The Morgan fingerprint density at radius 3 is 2.13 bits per heavy atom. The highest BCUT2D eigenvalue weighted by Gasteiger charge is 2.07. The minimum atomic E-state index is 0.105. The van der Waals surface area contributed by atoms with Gasteiger partial charge in [-0.15, -0.1) is 0 Å². The molecule has 0 saturated heterocycles. The number of rotatable bonds is 1. The number of benzene rings is 1. The van der Waals surface area contributed by atoms with Crippen molar-refractivity contribution in [3.8, 4) is 11.4 Å². The highest BCUT2D eigenvalue weighted by molar-refractivity contribution is 6.31. The summed E-state index contributed by atoms with van der Waals surface area (Å²) >= 11 is 11.4. The molecule has 15 heavy (non-hydrogen) atoms. The maximum Gasteiger partial charge on any atom is 0.227 e. The van der Waals surface area contributed by atoms with Gasteiger partial charge in [0.1, 0.15) is 0 Å². The average Bonchev–Trinajstić information content (AvgIpc) is 2.16. The first-order valence-corrected chi connectivity index (χ1v) is 5.05. The fraction of sp³-hybridized carbons (Fsp3) is 0.100. The van der Waals surface area contributed by atoms with Crippen LogP contribution < -0.4 is 0 Å². The summed E-state index contributed by atoms with van der Waals surface area (Å²) in [6, 6.07) is 7.75. The minimum absolute atomic E-state index is 0.105. The zero-order valence-corrected chi connectivity index (χ0v) is 9.42. The number of nitrogens with zero attached hydrogens (tertiary/aromatic N) is 3. The number of hydrogen-bond acceptors (Lipinski definition) is 3. The van der Waals surface area contributed by atoms with Gasteiger partial charge in [0.2, 0.25) is 10.6 Å². The SMILES string of the molecule is Cc1ccccc1-c1nc(Cl)nc(Cl)n1. The molecule has 0 spiro atoms. The molecule has 0 amide bonds. The second-order valence-corrected chi connectivity index (χ2v) is 3.69. The number of halogens is 2. The first kappa shape index (κ1) is 10.3. The van der Waals surface area contributed by atoms with Gasteiger partial charge in [-0.25, -0.2) is 0 Å². The fourth-order valence-corrected chi connectivity index (χ4v) is 1.63. The van der Waals surface area contributed by atoms with E-state index in [1.165, 1.54) is 0 Å². The lowest BCUT2D eigenvalue weighted by Crippen LogP contribution is -1.94. The summed E-state index contributed by atoms with van der Waals surface area (Å²) in [6.45, 7) is 1.97. The van der Waals surface area contributed by atoms with Crippen LogP contribution in [0.2, 0.25) is 10.6 Å². The summed E-state index contributed by atoms with van der Waals surface area (Å²) in [7, 11) is 0. The molecule has 0 aliphatic heterocycles. The minimum Gasteiger partial charge on any atom is -0.198 e. The highest BCUT2D eigenvalue weighted by atomic mass is 35.5. The molecule has 76 valence electrons.